The largest absolute Gasteiger partial charge is 0.377 e. The van der Waals surface area contributed by atoms with Crippen molar-refractivity contribution in [3.05, 3.63) is 23.0 Å². The fraction of sp³-hybridized carbons (Fsp3) is 0.615. The summed E-state index contributed by atoms with van der Waals surface area (Å²) in [4.78, 5) is 0. The van der Waals surface area contributed by atoms with Gasteiger partial charge in [-0.2, -0.15) is 5.26 Å². The van der Waals surface area contributed by atoms with Crippen LogP contribution >= 0.6 is 0 Å². The molecule has 0 spiro atoms. The van der Waals surface area contributed by atoms with Crippen LogP contribution in [0.2, 0.25) is 0 Å². The zero-order valence-electron chi connectivity index (χ0n) is 10.5. The zero-order valence-corrected chi connectivity index (χ0v) is 10.5. The van der Waals surface area contributed by atoms with Crippen molar-refractivity contribution < 1.29 is 4.74 Å². The monoisotopic (exact) mass is 233 g/mol. The Morgan fingerprint density at radius 3 is 3.06 bits per heavy atom. The summed E-state index contributed by atoms with van der Waals surface area (Å²) in [6.45, 7) is 4.65. The molecule has 1 aromatic heterocycles. The molecule has 4 nitrogen and oxygen atoms in total. The quantitative estimate of drug-likeness (QED) is 0.857. The van der Waals surface area contributed by atoms with E-state index in [0.717, 1.165) is 37.5 Å². The minimum absolute atomic E-state index is 0.370. The average molecular weight is 233 g/mol. The van der Waals surface area contributed by atoms with E-state index in [-0.39, 0.29) is 0 Å². The van der Waals surface area contributed by atoms with Crippen molar-refractivity contribution in [2.75, 3.05) is 13.2 Å². The van der Waals surface area contributed by atoms with Gasteiger partial charge >= 0.3 is 0 Å². The van der Waals surface area contributed by atoms with E-state index < -0.39 is 0 Å². The van der Waals surface area contributed by atoms with Crippen LogP contribution in [0.1, 0.15) is 29.8 Å². The van der Waals surface area contributed by atoms with Crippen LogP contribution in [-0.4, -0.2) is 23.8 Å². The Kier molecular flexibility index (Phi) is 3.82. The maximum Gasteiger partial charge on any atom is 0.120 e. The molecule has 1 aliphatic heterocycles. The van der Waals surface area contributed by atoms with Gasteiger partial charge < -0.3 is 14.6 Å². The van der Waals surface area contributed by atoms with Gasteiger partial charge in [0.2, 0.25) is 0 Å². The highest BCUT2D eigenvalue weighted by Crippen LogP contribution is 2.14. The Hall–Kier alpha value is -1.31. The number of aromatic nitrogens is 1. The standard InChI is InChI=1S/C13H19N3O/c1-10-11(6-12(7-14)16(10)2)8-15-9-13-4-3-5-17-13/h6,13,15H,3-5,8-9H2,1-2H3/t13-/m0/s1. The van der Waals surface area contributed by atoms with E-state index in [1.807, 2.05) is 24.6 Å². The molecule has 0 amide bonds. The van der Waals surface area contributed by atoms with E-state index in [2.05, 4.69) is 11.4 Å². The molecule has 1 N–H and O–H groups in total. The molecule has 17 heavy (non-hydrogen) atoms. The molecule has 1 fully saturated rings. The molecule has 0 unspecified atom stereocenters. The van der Waals surface area contributed by atoms with Crippen LogP contribution in [0.5, 0.6) is 0 Å². The molecular weight excluding hydrogens is 214 g/mol. The Morgan fingerprint density at radius 1 is 1.65 bits per heavy atom. The molecule has 0 saturated carbocycles. The number of hydrogen-bond donors (Lipinski definition) is 1. The summed E-state index contributed by atoms with van der Waals surface area (Å²) in [5.41, 5.74) is 3.07. The fourth-order valence-corrected chi connectivity index (χ4v) is 2.22. The van der Waals surface area contributed by atoms with E-state index in [0.29, 0.717) is 6.10 Å². The van der Waals surface area contributed by atoms with Crippen LogP contribution < -0.4 is 5.32 Å². The summed E-state index contributed by atoms with van der Waals surface area (Å²) in [5.74, 6) is 0. The molecule has 1 aliphatic rings. The zero-order chi connectivity index (χ0) is 12.3. The highest BCUT2D eigenvalue weighted by Gasteiger charge is 2.15. The average Bonchev–Trinajstić information content (AvgIpc) is 2.92. The van der Waals surface area contributed by atoms with Gasteiger partial charge in [-0.3, -0.25) is 0 Å². The first kappa shape index (κ1) is 12.2. The smallest absolute Gasteiger partial charge is 0.120 e. The SMILES string of the molecule is Cc1c(CNC[C@@H]2CCCO2)cc(C#N)n1C. The van der Waals surface area contributed by atoms with E-state index in [1.165, 1.54) is 12.0 Å². The predicted molar refractivity (Wildman–Crippen MR) is 65.5 cm³/mol. The lowest BCUT2D eigenvalue weighted by Crippen LogP contribution is -2.25. The van der Waals surface area contributed by atoms with Crippen LogP contribution in [0.25, 0.3) is 0 Å². The van der Waals surface area contributed by atoms with Crippen LogP contribution in [0.15, 0.2) is 6.07 Å². The number of rotatable bonds is 4. The third-order valence-corrected chi connectivity index (χ3v) is 3.47. The van der Waals surface area contributed by atoms with E-state index in [1.54, 1.807) is 0 Å². The highest BCUT2D eigenvalue weighted by molar-refractivity contribution is 5.33. The minimum Gasteiger partial charge on any atom is -0.377 e. The molecule has 92 valence electrons. The third kappa shape index (κ3) is 2.68. The van der Waals surface area contributed by atoms with Crippen LogP contribution in [0, 0.1) is 18.3 Å². The molecular formula is C13H19N3O. The Labute approximate surface area is 102 Å². The summed E-state index contributed by atoms with van der Waals surface area (Å²) >= 11 is 0. The maximum atomic E-state index is 8.94. The van der Waals surface area contributed by atoms with Gasteiger partial charge in [-0.25, -0.2) is 0 Å². The molecule has 2 heterocycles. The lowest BCUT2D eigenvalue weighted by molar-refractivity contribution is 0.110. The van der Waals surface area contributed by atoms with Crippen molar-refractivity contribution in [3.8, 4) is 6.07 Å². The van der Waals surface area contributed by atoms with Gasteiger partial charge in [-0.1, -0.05) is 0 Å². The molecule has 1 saturated heterocycles. The summed E-state index contributed by atoms with van der Waals surface area (Å²) in [7, 11) is 1.93. The first-order valence-corrected chi connectivity index (χ1v) is 6.10. The molecule has 0 aliphatic carbocycles. The van der Waals surface area contributed by atoms with Crippen molar-refractivity contribution in [2.45, 2.75) is 32.4 Å². The Morgan fingerprint density at radius 2 is 2.47 bits per heavy atom. The molecule has 0 aromatic carbocycles. The summed E-state index contributed by atoms with van der Waals surface area (Å²) in [5, 5.41) is 12.3. The number of ether oxygens (including phenoxy) is 1. The van der Waals surface area contributed by atoms with Crippen molar-refractivity contribution >= 4 is 0 Å². The first-order chi connectivity index (χ1) is 8.22. The van der Waals surface area contributed by atoms with Gasteiger partial charge in [0.25, 0.3) is 0 Å². The van der Waals surface area contributed by atoms with E-state index in [4.69, 9.17) is 10.00 Å². The van der Waals surface area contributed by atoms with Crippen LogP contribution in [0.4, 0.5) is 0 Å². The lowest BCUT2D eigenvalue weighted by atomic mass is 10.2. The lowest BCUT2D eigenvalue weighted by Gasteiger charge is -2.10. The van der Waals surface area contributed by atoms with Crippen LogP contribution in [0.3, 0.4) is 0 Å². The highest BCUT2D eigenvalue weighted by atomic mass is 16.5. The summed E-state index contributed by atoms with van der Waals surface area (Å²) in [6.07, 6.45) is 2.70. The second-order valence-corrected chi connectivity index (χ2v) is 4.58. The van der Waals surface area contributed by atoms with Gasteiger partial charge in [0.05, 0.1) is 6.10 Å². The normalized spacial score (nSPS) is 19.5. The van der Waals surface area contributed by atoms with Gasteiger partial charge in [0, 0.05) is 32.4 Å². The second-order valence-electron chi connectivity index (χ2n) is 4.58. The van der Waals surface area contributed by atoms with Crippen LogP contribution in [-0.2, 0) is 18.3 Å². The summed E-state index contributed by atoms with van der Waals surface area (Å²) < 4.78 is 7.48. The maximum absolute atomic E-state index is 8.94. The number of nitrogens with zero attached hydrogens (tertiary/aromatic N) is 2. The topological polar surface area (TPSA) is 50.0 Å². The van der Waals surface area contributed by atoms with E-state index >= 15 is 0 Å². The molecule has 0 radical (unpaired) electrons. The molecule has 1 aromatic rings. The predicted octanol–water partition coefficient (Wildman–Crippen LogP) is 1.47. The minimum atomic E-state index is 0.370. The molecule has 4 heteroatoms. The summed E-state index contributed by atoms with van der Waals surface area (Å²) in [6, 6.07) is 4.15. The van der Waals surface area contributed by atoms with E-state index in [9.17, 15) is 0 Å². The molecule has 2 rings (SSSR count). The van der Waals surface area contributed by atoms with Crippen molar-refractivity contribution in [1.29, 1.82) is 5.26 Å². The number of hydrogen-bond acceptors (Lipinski definition) is 3. The van der Waals surface area contributed by atoms with Gasteiger partial charge in [-0.15, -0.1) is 0 Å². The molecule has 0 bridgehead atoms. The van der Waals surface area contributed by atoms with Crippen molar-refractivity contribution in [3.63, 3.8) is 0 Å². The fourth-order valence-electron chi connectivity index (χ4n) is 2.22. The van der Waals surface area contributed by atoms with Gasteiger partial charge in [0.1, 0.15) is 11.8 Å². The second kappa shape index (κ2) is 5.35. The van der Waals surface area contributed by atoms with Crippen molar-refractivity contribution in [1.82, 2.24) is 9.88 Å². The third-order valence-electron chi connectivity index (χ3n) is 3.47. The number of nitrogens with one attached hydrogen (secondary N) is 1. The Bertz CT molecular complexity index is 425. The van der Waals surface area contributed by atoms with Gasteiger partial charge in [-0.05, 0) is 31.4 Å². The molecule has 1 atom stereocenters. The van der Waals surface area contributed by atoms with Gasteiger partial charge in [0.15, 0.2) is 0 Å². The Balaban J connectivity index is 1.88. The van der Waals surface area contributed by atoms with Crippen molar-refractivity contribution in [2.24, 2.45) is 7.05 Å². The first-order valence-electron chi connectivity index (χ1n) is 6.10. The number of nitriles is 1.